The molecule has 2 aliphatic rings. The van der Waals surface area contributed by atoms with Gasteiger partial charge in [-0.15, -0.1) is 0 Å². The van der Waals surface area contributed by atoms with Crippen LogP contribution in [0.4, 0.5) is 0 Å². The predicted molar refractivity (Wildman–Crippen MR) is 121 cm³/mol. The third-order valence-corrected chi connectivity index (χ3v) is 7.53. The van der Waals surface area contributed by atoms with Crippen LogP contribution in [0.2, 0.25) is 0 Å². The average Bonchev–Trinajstić information content (AvgIpc) is 3.28. The van der Waals surface area contributed by atoms with E-state index in [1.807, 2.05) is 49.4 Å². The molecule has 2 aromatic rings. The third-order valence-electron chi connectivity index (χ3n) is 6.26. The maximum Gasteiger partial charge on any atom is 0.259 e. The number of hydrogen-bond acceptors (Lipinski definition) is 4. The molecule has 0 saturated carbocycles. The highest BCUT2D eigenvalue weighted by Crippen LogP contribution is 2.33. The van der Waals surface area contributed by atoms with Crippen molar-refractivity contribution in [1.82, 2.24) is 14.5 Å². The lowest BCUT2D eigenvalue weighted by Crippen LogP contribution is -2.41. The minimum Gasteiger partial charge on any atom is -0.338 e. The van der Waals surface area contributed by atoms with E-state index in [2.05, 4.69) is 11.4 Å². The van der Waals surface area contributed by atoms with E-state index < -0.39 is 15.6 Å². The van der Waals surface area contributed by atoms with Gasteiger partial charge in [0.1, 0.15) is 5.54 Å². The SMILES string of the molecule is Cc1cccc(-c2cccc(C3(C)NC(=N)N(C[C@@H]4CCN(S(C)(=O)=O)C4)C3=O)c2)c1. The molecule has 2 N–H and O–H groups in total. The molecule has 2 atom stereocenters. The molecule has 2 aromatic carbocycles. The lowest BCUT2D eigenvalue weighted by Gasteiger charge is -2.24. The number of nitrogens with one attached hydrogen (secondary N) is 2. The summed E-state index contributed by atoms with van der Waals surface area (Å²) >= 11 is 0. The summed E-state index contributed by atoms with van der Waals surface area (Å²) in [6.07, 6.45) is 1.89. The van der Waals surface area contributed by atoms with Gasteiger partial charge >= 0.3 is 0 Å². The standard InChI is InChI=1S/C23H28N4O3S/c1-16-6-4-7-18(12-16)19-8-5-9-20(13-19)23(2)21(28)27(22(24)25-23)15-17-10-11-26(14-17)31(3,29)30/h4-9,12-13,17H,10-11,14-15H2,1-3H3,(H2,24,25)/t17-,23?/m1/s1. The van der Waals surface area contributed by atoms with Crippen LogP contribution in [0.1, 0.15) is 24.5 Å². The van der Waals surface area contributed by atoms with E-state index in [0.717, 1.165) is 22.3 Å². The number of hydrogen-bond donors (Lipinski definition) is 2. The van der Waals surface area contributed by atoms with Crippen molar-refractivity contribution < 1.29 is 13.2 Å². The van der Waals surface area contributed by atoms with Crippen LogP contribution in [0, 0.1) is 18.3 Å². The van der Waals surface area contributed by atoms with Crippen LogP contribution in [0.25, 0.3) is 11.1 Å². The Balaban J connectivity index is 1.56. The van der Waals surface area contributed by atoms with Crippen molar-refractivity contribution in [3.63, 3.8) is 0 Å². The topological polar surface area (TPSA) is 93.6 Å². The summed E-state index contributed by atoms with van der Waals surface area (Å²) in [4.78, 5) is 14.9. The second-order valence-electron chi connectivity index (χ2n) is 8.74. The van der Waals surface area contributed by atoms with Crippen LogP contribution < -0.4 is 5.32 Å². The van der Waals surface area contributed by atoms with Crippen molar-refractivity contribution in [3.8, 4) is 11.1 Å². The first-order valence-corrected chi connectivity index (χ1v) is 12.2. The van der Waals surface area contributed by atoms with Gasteiger partial charge in [0.15, 0.2) is 5.96 Å². The molecule has 0 bridgehead atoms. The highest BCUT2D eigenvalue weighted by molar-refractivity contribution is 7.88. The molecule has 8 heteroatoms. The van der Waals surface area contributed by atoms with Crippen molar-refractivity contribution >= 4 is 21.9 Å². The van der Waals surface area contributed by atoms with Crippen LogP contribution in [-0.2, 0) is 20.4 Å². The lowest BCUT2D eigenvalue weighted by atomic mass is 9.89. The molecule has 31 heavy (non-hydrogen) atoms. The number of amides is 1. The number of sulfonamides is 1. The summed E-state index contributed by atoms with van der Waals surface area (Å²) in [6, 6.07) is 16.1. The van der Waals surface area contributed by atoms with E-state index in [9.17, 15) is 13.2 Å². The smallest absolute Gasteiger partial charge is 0.259 e. The lowest BCUT2D eigenvalue weighted by molar-refractivity contribution is -0.131. The van der Waals surface area contributed by atoms with Gasteiger partial charge in [-0.1, -0.05) is 48.0 Å². The second kappa shape index (κ2) is 7.76. The first-order chi connectivity index (χ1) is 14.6. The van der Waals surface area contributed by atoms with Crippen molar-refractivity contribution in [2.75, 3.05) is 25.9 Å². The minimum absolute atomic E-state index is 0.0156. The third kappa shape index (κ3) is 4.09. The molecule has 2 fully saturated rings. The monoisotopic (exact) mass is 440 g/mol. The summed E-state index contributed by atoms with van der Waals surface area (Å²) in [5.74, 6) is -0.107. The van der Waals surface area contributed by atoms with Crippen LogP contribution in [0.5, 0.6) is 0 Å². The second-order valence-corrected chi connectivity index (χ2v) is 10.7. The Morgan fingerprint density at radius 2 is 1.84 bits per heavy atom. The Bertz CT molecular complexity index is 1150. The van der Waals surface area contributed by atoms with Gasteiger partial charge in [-0.05, 0) is 48.9 Å². The molecule has 7 nitrogen and oxygen atoms in total. The Morgan fingerprint density at radius 3 is 2.48 bits per heavy atom. The number of benzene rings is 2. The molecule has 1 unspecified atom stereocenters. The van der Waals surface area contributed by atoms with Crippen LogP contribution in [-0.4, -0.2) is 55.4 Å². The maximum absolute atomic E-state index is 13.4. The van der Waals surface area contributed by atoms with Crippen LogP contribution in [0.15, 0.2) is 48.5 Å². The number of carbonyl (C=O) groups excluding carboxylic acids is 1. The molecular formula is C23H28N4O3S. The minimum atomic E-state index is -3.24. The average molecular weight is 441 g/mol. The summed E-state index contributed by atoms with van der Waals surface area (Å²) in [6.45, 7) is 5.03. The van der Waals surface area contributed by atoms with E-state index >= 15 is 0 Å². The summed E-state index contributed by atoms with van der Waals surface area (Å²) < 4.78 is 25.0. The van der Waals surface area contributed by atoms with Crippen LogP contribution in [0.3, 0.4) is 0 Å². The van der Waals surface area contributed by atoms with Gasteiger partial charge in [0, 0.05) is 19.6 Å². The highest BCUT2D eigenvalue weighted by Gasteiger charge is 2.48. The molecule has 2 heterocycles. The molecule has 0 spiro atoms. The Hall–Kier alpha value is -2.71. The number of guanidine groups is 1. The van der Waals surface area contributed by atoms with Crippen LogP contribution >= 0.6 is 0 Å². The Labute approximate surface area is 183 Å². The van der Waals surface area contributed by atoms with E-state index in [0.29, 0.717) is 26.1 Å². The van der Waals surface area contributed by atoms with Gasteiger partial charge in [0.25, 0.3) is 5.91 Å². The Kier molecular flexibility index (Phi) is 5.39. The number of carbonyl (C=O) groups is 1. The number of nitrogens with zero attached hydrogens (tertiary/aromatic N) is 2. The van der Waals surface area contributed by atoms with Gasteiger partial charge in [-0.25, -0.2) is 12.7 Å². The molecule has 0 radical (unpaired) electrons. The largest absolute Gasteiger partial charge is 0.338 e. The highest BCUT2D eigenvalue weighted by atomic mass is 32.2. The fourth-order valence-electron chi connectivity index (χ4n) is 4.44. The molecule has 164 valence electrons. The van der Waals surface area contributed by atoms with Gasteiger partial charge in [-0.3, -0.25) is 15.1 Å². The molecule has 0 aliphatic carbocycles. The molecule has 1 amide bonds. The summed E-state index contributed by atoms with van der Waals surface area (Å²) in [7, 11) is -3.24. The molecule has 0 aromatic heterocycles. The number of rotatable bonds is 5. The normalized spacial score (nSPS) is 24.6. The van der Waals surface area contributed by atoms with Crippen molar-refractivity contribution in [3.05, 3.63) is 59.7 Å². The van der Waals surface area contributed by atoms with Crippen molar-refractivity contribution in [1.29, 1.82) is 5.41 Å². The fourth-order valence-corrected chi connectivity index (χ4v) is 5.36. The van der Waals surface area contributed by atoms with Gasteiger partial charge in [-0.2, -0.15) is 0 Å². The quantitative estimate of drug-likeness (QED) is 0.747. The van der Waals surface area contributed by atoms with E-state index in [4.69, 9.17) is 5.41 Å². The first-order valence-electron chi connectivity index (χ1n) is 10.4. The summed E-state index contributed by atoms with van der Waals surface area (Å²) in [5.41, 5.74) is 3.02. The molecule has 2 aliphatic heterocycles. The van der Waals surface area contributed by atoms with E-state index in [1.54, 1.807) is 6.92 Å². The van der Waals surface area contributed by atoms with Gasteiger partial charge in [0.2, 0.25) is 10.0 Å². The van der Waals surface area contributed by atoms with E-state index in [1.165, 1.54) is 15.5 Å². The fraction of sp³-hybridized carbons (Fsp3) is 0.391. The summed E-state index contributed by atoms with van der Waals surface area (Å²) in [5, 5.41) is 11.5. The first kappa shape index (κ1) is 21.5. The molecule has 2 saturated heterocycles. The van der Waals surface area contributed by atoms with Gasteiger partial charge < -0.3 is 5.32 Å². The molecular weight excluding hydrogens is 412 g/mol. The van der Waals surface area contributed by atoms with E-state index in [-0.39, 0.29) is 17.8 Å². The van der Waals surface area contributed by atoms with Crippen molar-refractivity contribution in [2.45, 2.75) is 25.8 Å². The zero-order valence-corrected chi connectivity index (χ0v) is 18.9. The maximum atomic E-state index is 13.4. The zero-order chi connectivity index (χ0) is 22.4. The molecule has 4 rings (SSSR count). The van der Waals surface area contributed by atoms with Crippen molar-refractivity contribution in [2.24, 2.45) is 5.92 Å². The zero-order valence-electron chi connectivity index (χ0n) is 18.1. The van der Waals surface area contributed by atoms with Gasteiger partial charge in [0.05, 0.1) is 6.26 Å². The predicted octanol–water partition coefficient (Wildman–Crippen LogP) is 2.53. The number of aryl methyl sites for hydroxylation is 1. The Morgan fingerprint density at radius 1 is 1.16 bits per heavy atom.